The summed E-state index contributed by atoms with van der Waals surface area (Å²) in [5, 5.41) is 12.2. The van der Waals surface area contributed by atoms with Gasteiger partial charge in [-0.1, -0.05) is 12.8 Å². The maximum atomic E-state index is 4.51. The zero-order valence-corrected chi connectivity index (χ0v) is 16.9. The molecule has 0 radical (unpaired) electrons. The summed E-state index contributed by atoms with van der Waals surface area (Å²) in [6.07, 6.45) is 9.16. The molecule has 1 saturated carbocycles. The molecule has 2 fully saturated rings. The van der Waals surface area contributed by atoms with E-state index in [2.05, 4.69) is 30.0 Å². The minimum absolute atomic E-state index is 0. The zero-order valence-electron chi connectivity index (χ0n) is 14.6. The summed E-state index contributed by atoms with van der Waals surface area (Å²) in [4.78, 5) is 6.97. The van der Waals surface area contributed by atoms with Gasteiger partial charge in [0, 0.05) is 33.1 Å². The van der Waals surface area contributed by atoms with E-state index >= 15 is 0 Å². The number of hydrogen-bond acceptors (Lipinski definition) is 3. The third kappa shape index (κ3) is 3.55. The molecule has 134 valence electrons. The zero-order chi connectivity index (χ0) is 15.6. The highest BCUT2D eigenvalue weighted by Crippen LogP contribution is 2.35. The van der Waals surface area contributed by atoms with E-state index in [1.807, 2.05) is 7.05 Å². The maximum Gasteiger partial charge on any atom is 0.194 e. The third-order valence-corrected chi connectivity index (χ3v) is 5.83. The van der Waals surface area contributed by atoms with Gasteiger partial charge < -0.3 is 14.8 Å². The summed E-state index contributed by atoms with van der Waals surface area (Å²) < 4.78 is 2.29. The van der Waals surface area contributed by atoms with Crippen LogP contribution in [0.5, 0.6) is 0 Å². The molecule has 2 aliphatic heterocycles. The highest BCUT2D eigenvalue weighted by atomic mass is 127. The van der Waals surface area contributed by atoms with Gasteiger partial charge in [0.25, 0.3) is 0 Å². The highest BCUT2D eigenvalue weighted by molar-refractivity contribution is 14.0. The van der Waals surface area contributed by atoms with Crippen molar-refractivity contribution in [2.75, 3.05) is 20.1 Å². The molecule has 3 heterocycles. The van der Waals surface area contributed by atoms with Gasteiger partial charge in [0.1, 0.15) is 5.82 Å². The van der Waals surface area contributed by atoms with Crippen LogP contribution in [-0.4, -0.2) is 45.8 Å². The van der Waals surface area contributed by atoms with Crippen LogP contribution in [0.15, 0.2) is 4.99 Å². The number of rotatable bonds is 2. The van der Waals surface area contributed by atoms with Gasteiger partial charge in [-0.05, 0) is 37.5 Å². The molecule has 2 atom stereocenters. The topological polar surface area (TPSA) is 58.3 Å². The molecular weight excluding hydrogens is 415 g/mol. The number of aromatic nitrogens is 3. The third-order valence-electron chi connectivity index (χ3n) is 5.83. The normalized spacial score (nSPS) is 26.5. The molecule has 1 aliphatic carbocycles. The molecule has 1 saturated heterocycles. The summed E-state index contributed by atoms with van der Waals surface area (Å²) in [6, 6.07) is 0. The molecule has 24 heavy (non-hydrogen) atoms. The second-order valence-electron chi connectivity index (χ2n) is 7.25. The molecule has 0 amide bonds. The first-order valence-corrected chi connectivity index (χ1v) is 9.21. The van der Waals surface area contributed by atoms with Crippen molar-refractivity contribution in [1.29, 1.82) is 0 Å². The standard InChI is InChI=1S/C17H28N6.HI/c1-18-17(22-11-13-6-2-3-7-14(13)12-22)19-10-16-21-20-15-8-4-5-9-23(15)16;/h13-14H,2-12H2,1H3,(H,18,19);1H. The van der Waals surface area contributed by atoms with Gasteiger partial charge in [-0.25, -0.2) is 0 Å². The van der Waals surface area contributed by atoms with E-state index in [0.717, 1.165) is 49.0 Å². The van der Waals surface area contributed by atoms with Gasteiger partial charge in [-0.2, -0.15) is 0 Å². The van der Waals surface area contributed by atoms with Crippen LogP contribution in [0.3, 0.4) is 0 Å². The smallest absolute Gasteiger partial charge is 0.194 e. The fraction of sp³-hybridized carbons (Fsp3) is 0.824. The lowest BCUT2D eigenvalue weighted by Crippen LogP contribution is -2.40. The number of aliphatic imine (C=N–C) groups is 1. The molecule has 7 heteroatoms. The van der Waals surface area contributed by atoms with Crippen molar-refractivity contribution < 1.29 is 0 Å². The summed E-state index contributed by atoms with van der Waals surface area (Å²) in [5.74, 6) is 4.99. The molecular formula is C17H29IN6. The number of guanidine groups is 1. The quantitative estimate of drug-likeness (QED) is 0.433. The molecule has 4 rings (SSSR count). The van der Waals surface area contributed by atoms with E-state index in [0.29, 0.717) is 0 Å². The molecule has 1 N–H and O–H groups in total. The van der Waals surface area contributed by atoms with E-state index in [1.54, 1.807) is 0 Å². The van der Waals surface area contributed by atoms with Crippen molar-refractivity contribution in [3.05, 3.63) is 11.6 Å². The Labute approximate surface area is 161 Å². The van der Waals surface area contributed by atoms with Crippen molar-refractivity contribution >= 4 is 29.9 Å². The van der Waals surface area contributed by atoms with E-state index in [1.165, 1.54) is 51.6 Å². The van der Waals surface area contributed by atoms with Crippen LogP contribution in [0, 0.1) is 11.8 Å². The summed E-state index contributed by atoms with van der Waals surface area (Å²) in [5.41, 5.74) is 0. The Morgan fingerprint density at radius 1 is 1.12 bits per heavy atom. The van der Waals surface area contributed by atoms with Crippen molar-refractivity contribution in [1.82, 2.24) is 25.0 Å². The fourth-order valence-electron chi connectivity index (χ4n) is 4.57. The van der Waals surface area contributed by atoms with Crippen molar-refractivity contribution in [3.8, 4) is 0 Å². The van der Waals surface area contributed by atoms with E-state index < -0.39 is 0 Å². The van der Waals surface area contributed by atoms with Crippen LogP contribution in [0.2, 0.25) is 0 Å². The van der Waals surface area contributed by atoms with Gasteiger partial charge in [0.05, 0.1) is 6.54 Å². The van der Waals surface area contributed by atoms with Gasteiger partial charge in [0.15, 0.2) is 11.8 Å². The van der Waals surface area contributed by atoms with Crippen LogP contribution in [-0.2, 0) is 19.5 Å². The maximum absolute atomic E-state index is 4.51. The predicted octanol–water partition coefficient (Wildman–Crippen LogP) is 2.43. The number of nitrogens with one attached hydrogen (secondary N) is 1. The average Bonchev–Trinajstić information content (AvgIpc) is 3.19. The van der Waals surface area contributed by atoms with Gasteiger partial charge in [-0.15, -0.1) is 34.2 Å². The fourth-order valence-corrected chi connectivity index (χ4v) is 4.57. The first-order valence-electron chi connectivity index (χ1n) is 9.21. The number of halogens is 1. The predicted molar refractivity (Wildman–Crippen MR) is 106 cm³/mol. The van der Waals surface area contributed by atoms with E-state index in [9.17, 15) is 0 Å². The Bertz CT molecular complexity index is 570. The second kappa shape index (κ2) is 8.01. The summed E-state index contributed by atoms with van der Waals surface area (Å²) >= 11 is 0. The van der Waals surface area contributed by atoms with Crippen LogP contribution < -0.4 is 5.32 Å². The number of aryl methyl sites for hydroxylation is 1. The van der Waals surface area contributed by atoms with E-state index in [-0.39, 0.29) is 24.0 Å². The Kier molecular flexibility index (Phi) is 5.99. The monoisotopic (exact) mass is 444 g/mol. The lowest BCUT2D eigenvalue weighted by atomic mass is 9.82. The van der Waals surface area contributed by atoms with Crippen LogP contribution in [0.4, 0.5) is 0 Å². The second-order valence-corrected chi connectivity index (χ2v) is 7.25. The molecule has 1 aromatic heterocycles. The minimum Gasteiger partial charge on any atom is -0.349 e. The molecule has 1 aromatic rings. The van der Waals surface area contributed by atoms with Gasteiger partial charge in [0.2, 0.25) is 0 Å². The average molecular weight is 444 g/mol. The SMILES string of the molecule is CN=C(NCc1nnc2n1CCCC2)N1CC2CCCCC2C1.I. The first kappa shape index (κ1) is 17.9. The molecule has 0 bridgehead atoms. The van der Waals surface area contributed by atoms with Gasteiger partial charge >= 0.3 is 0 Å². The Hall–Kier alpha value is -0.860. The summed E-state index contributed by atoms with van der Waals surface area (Å²) in [6.45, 7) is 4.13. The van der Waals surface area contributed by atoms with Crippen molar-refractivity contribution in [2.24, 2.45) is 16.8 Å². The first-order chi connectivity index (χ1) is 11.3. The van der Waals surface area contributed by atoms with E-state index in [4.69, 9.17) is 0 Å². The molecule has 6 nitrogen and oxygen atoms in total. The number of likely N-dealkylation sites (tertiary alicyclic amines) is 1. The number of nitrogens with zero attached hydrogens (tertiary/aromatic N) is 5. The van der Waals surface area contributed by atoms with Crippen molar-refractivity contribution in [3.63, 3.8) is 0 Å². The molecule has 0 spiro atoms. The lowest BCUT2D eigenvalue weighted by Gasteiger charge is -2.22. The largest absolute Gasteiger partial charge is 0.349 e. The molecule has 3 aliphatic rings. The molecule has 2 unspecified atom stereocenters. The highest BCUT2D eigenvalue weighted by Gasteiger charge is 2.35. The van der Waals surface area contributed by atoms with Crippen LogP contribution >= 0.6 is 24.0 Å². The van der Waals surface area contributed by atoms with Gasteiger partial charge in [-0.3, -0.25) is 4.99 Å². The number of hydrogen-bond donors (Lipinski definition) is 1. The van der Waals surface area contributed by atoms with Crippen LogP contribution in [0.25, 0.3) is 0 Å². The Balaban J connectivity index is 0.00000169. The minimum atomic E-state index is 0. The lowest BCUT2D eigenvalue weighted by molar-refractivity contribution is 0.299. The van der Waals surface area contributed by atoms with Crippen LogP contribution in [0.1, 0.15) is 50.2 Å². The summed E-state index contributed by atoms with van der Waals surface area (Å²) in [7, 11) is 1.89. The molecule has 0 aromatic carbocycles. The Morgan fingerprint density at radius 3 is 2.58 bits per heavy atom. The Morgan fingerprint density at radius 2 is 1.88 bits per heavy atom. The number of fused-ring (bicyclic) bond motifs is 2. The van der Waals surface area contributed by atoms with Crippen molar-refractivity contribution in [2.45, 2.75) is 58.0 Å².